The molecule has 2 aromatic heterocycles. The van der Waals surface area contributed by atoms with Crippen molar-refractivity contribution in [1.82, 2.24) is 25.0 Å². The molecule has 132 valence electrons. The Balaban J connectivity index is 1.72. The first-order valence-corrected chi connectivity index (χ1v) is 8.61. The van der Waals surface area contributed by atoms with Crippen molar-refractivity contribution in [1.29, 1.82) is 0 Å². The quantitative estimate of drug-likeness (QED) is 0.882. The lowest BCUT2D eigenvalue weighted by Crippen LogP contribution is -2.41. The molecule has 7 nitrogen and oxygen atoms in total. The van der Waals surface area contributed by atoms with Gasteiger partial charge in [-0.25, -0.2) is 4.68 Å². The van der Waals surface area contributed by atoms with Crippen molar-refractivity contribution in [3.05, 3.63) is 58.3 Å². The highest BCUT2D eigenvalue weighted by Crippen LogP contribution is 2.23. The van der Waals surface area contributed by atoms with Gasteiger partial charge in [0.25, 0.3) is 11.5 Å². The Labute approximate surface area is 146 Å². The summed E-state index contributed by atoms with van der Waals surface area (Å²) in [5.74, 6) is -0.276. The van der Waals surface area contributed by atoms with Gasteiger partial charge in [0.2, 0.25) is 0 Å². The van der Waals surface area contributed by atoms with Crippen LogP contribution >= 0.6 is 0 Å². The summed E-state index contributed by atoms with van der Waals surface area (Å²) in [6.07, 6.45) is 7.21. The smallest absolute Gasteiger partial charge is 0.271 e. The van der Waals surface area contributed by atoms with Crippen LogP contribution in [0.25, 0.3) is 0 Å². The Hall–Kier alpha value is -2.54. The maximum atomic E-state index is 12.4. The molecule has 25 heavy (non-hydrogen) atoms. The average molecular weight is 341 g/mol. The number of nitrogens with zero attached hydrogens (tertiary/aromatic N) is 4. The van der Waals surface area contributed by atoms with Gasteiger partial charge in [-0.15, -0.1) is 0 Å². The molecule has 0 aromatic carbocycles. The van der Waals surface area contributed by atoms with Crippen LogP contribution in [-0.2, 0) is 7.05 Å². The van der Waals surface area contributed by atoms with Crippen molar-refractivity contribution in [2.75, 3.05) is 19.6 Å². The van der Waals surface area contributed by atoms with Crippen LogP contribution in [0.5, 0.6) is 0 Å². The van der Waals surface area contributed by atoms with Gasteiger partial charge in [0.15, 0.2) is 0 Å². The summed E-state index contributed by atoms with van der Waals surface area (Å²) in [6.45, 7) is 2.52. The third-order valence-corrected chi connectivity index (χ3v) is 4.55. The zero-order valence-corrected chi connectivity index (χ0v) is 14.4. The van der Waals surface area contributed by atoms with Crippen molar-refractivity contribution >= 4 is 5.91 Å². The Morgan fingerprint density at radius 2 is 2.04 bits per heavy atom. The van der Waals surface area contributed by atoms with Crippen LogP contribution in [0.2, 0.25) is 0 Å². The van der Waals surface area contributed by atoms with Crippen molar-refractivity contribution in [3.8, 4) is 0 Å². The number of amides is 1. The zero-order chi connectivity index (χ0) is 17.6. The van der Waals surface area contributed by atoms with Crippen LogP contribution in [0.15, 0.2) is 41.5 Å². The third-order valence-electron chi connectivity index (χ3n) is 4.55. The monoisotopic (exact) mass is 341 g/mol. The molecule has 0 unspecified atom stereocenters. The van der Waals surface area contributed by atoms with Crippen molar-refractivity contribution in [3.63, 3.8) is 0 Å². The summed E-state index contributed by atoms with van der Waals surface area (Å²) in [4.78, 5) is 30.4. The van der Waals surface area contributed by atoms with Crippen LogP contribution in [0.4, 0.5) is 0 Å². The number of piperidine rings is 1. The van der Waals surface area contributed by atoms with Gasteiger partial charge in [-0.05, 0) is 43.6 Å². The number of aromatic nitrogens is 3. The molecule has 1 aliphatic heterocycles. The minimum absolute atomic E-state index is 0.0884. The van der Waals surface area contributed by atoms with E-state index < -0.39 is 0 Å². The number of likely N-dealkylation sites (tertiary alicyclic amines) is 1. The highest BCUT2D eigenvalue weighted by Gasteiger charge is 2.23. The summed E-state index contributed by atoms with van der Waals surface area (Å²) in [5.41, 5.74) is 1.10. The third kappa shape index (κ3) is 4.30. The highest BCUT2D eigenvalue weighted by molar-refractivity contribution is 5.92. The molecular formula is C18H23N5O2. The number of hydrogen-bond donors (Lipinski definition) is 1. The van der Waals surface area contributed by atoms with E-state index in [1.54, 1.807) is 6.20 Å². The van der Waals surface area contributed by atoms with Crippen molar-refractivity contribution in [2.24, 2.45) is 7.05 Å². The minimum atomic E-state index is -0.276. The van der Waals surface area contributed by atoms with E-state index in [1.165, 1.54) is 38.4 Å². The molecule has 3 heterocycles. The minimum Gasteiger partial charge on any atom is -0.349 e. The molecule has 0 spiro atoms. The SMILES string of the molecule is Cn1nc(C(=O)NC[C@H](c2cccnc2)N2CCCCC2)ccc1=O. The summed E-state index contributed by atoms with van der Waals surface area (Å²) in [7, 11) is 1.53. The lowest BCUT2D eigenvalue weighted by molar-refractivity contribution is 0.0917. The van der Waals surface area contributed by atoms with E-state index in [-0.39, 0.29) is 23.2 Å². The zero-order valence-electron chi connectivity index (χ0n) is 14.4. The maximum Gasteiger partial charge on any atom is 0.271 e. The Morgan fingerprint density at radius 1 is 1.24 bits per heavy atom. The first-order chi connectivity index (χ1) is 12.1. The summed E-state index contributed by atoms with van der Waals surface area (Å²) in [6, 6.07) is 6.86. The van der Waals surface area contributed by atoms with E-state index >= 15 is 0 Å². The Morgan fingerprint density at radius 3 is 2.72 bits per heavy atom. The Kier molecular flexibility index (Phi) is 5.55. The number of carbonyl (C=O) groups excluding carboxylic acids is 1. The van der Waals surface area contributed by atoms with Gasteiger partial charge in [-0.1, -0.05) is 12.5 Å². The van der Waals surface area contributed by atoms with Crippen LogP contribution in [-0.4, -0.2) is 45.2 Å². The number of rotatable bonds is 5. The van der Waals surface area contributed by atoms with E-state index in [1.807, 2.05) is 18.3 Å². The number of nitrogens with one attached hydrogen (secondary N) is 1. The average Bonchev–Trinajstić information content (AvgIpc) is 2.66. The molecule has 1 N–H and O–H groups in total. The maximum absolute atomic E-state index is 12.4. The van der Waals surface area contributed by atoms with Crippen LogP contribution in [0, 0.1) is 0 Å². The molecule has 1 fully saturated rings. The largest absolute Gasteiger partial charge is 0.349 e. The molecule has 1 amide bonds. The normalized spacial score (nSPS) is 16.4. The first-order valence-electron chi connectivity index (χ1n) is 8.61. The van der Waals surface area contributed by atoms with Gasteiger partial charge in [0.05, 0.1) is 6.04 Å². The second-order valence-corrected chi connectivity index (χ2v) is 6.29. The second kappa shape index (κ2) is 8.02. The summed E-state index contributed by atoms with van der Waals surface area (Å²) < 4.78 is 1.16. The fraction of sp³-hybridized carbons (Fsp3) is 0.444. The molecule has 0 radical (unpaired) electrons. The number of carbonyl (C=O) groups is 1. The molecule has 7 heteroatoms. The molecule has 0 saturated carbocycles. The second-order valence-electron chi connectivity index (χ2n) is 6.29. The van der Waals surface area contributed by atoms with Gasteiger partial charge in [0, 0.05) is 32.1 Å². The van der Waals surface area contributed by atoms with Gasteiger partial charge in [0.1, 0.15) is 5.69 Å². The molecule has 0 aliphatic carbocycles. The predicted molar refractivity (Wildman–Crippen MR) is 94.2 cm³/mol. The van der Waals surface area contributed by atoms with Gasteiger partial charge in [-0.2, -0.15) is 5.10 Å². The molecule has 0 bridgehead atoms. The number of hydrogen-bond acceptors (Lipinski definition) is 5. The fourth-order valence-corrected chi connectivity index (χ4v) is 3.16. The molecule has 3 rings (SSSR count). The summed E-state index contributed by atoms with van der Waals surface area (Å²) >= 11 is 0. The van der Waals surface area contributed by atoms with Crippen LogP contribution in [0.3, 0.4) is 0 Å². The van der Waals surface area contributed by atoms with E-state index in [0.717, 1.165) is 23.3 Å². The van der Waals surface area contributed by atoms with E-state index in [4.69, 9.17) is 0 Å². The fourth-order valence-electron chi connectivity index (χ4n) is 3.16. The first kappa shape index (κ1) is 17.3. The van der Waals surface area contributed by atoms with Crippen molar-refractivity contribution in [2.45, 2.75) is 25.3 Å². The van der Waals surface area contributed by atoms with Crippen LogP contribution in [0.1, 0.15) is 41.4 Å². The molecule has 1 saturated heterocycles. The van der Waals surface area contributed by atoms with E-state index in [0.29, 0.717) is 6.54 Å². The van der Waals surface area contributed by atoms with Gasteiger partial charge in [-0.3, -0.25) is 19.5 Å². The predicted octanol–water partition coefficient (Wildman–Crippen LogP) is 1.13. The standard InChI is InChI=1S/C18H23N5O2/c1-22-17(24)8-7-15(21-22)18(25)20-13-16(14-6-5-9-19-12-14)23-10-3-2-4-11-23/h5-9,12,16H,2-4,10-11,13H2,1H3,(H,20,25)/t16-/m1/s1. The molecule has 1 aliphatic rings. The topological polar surface area (TPSA) is 80.1 Å². The van der Waals surface area contributed by atoms with E-state index in [9.17, 15) is 9.59 Å². The molecular weight excluding hydrogens is 318 g/mol. The Bertz CT molecular complexity index is 769. The number of aryl methyl sites for hydroxylation is 1. The number of pyridine rings is 1. The lowest BCUT2D eigenvalue weighted by atomic mass is 10.0. The van der Waals surface area contributed by atoms with E-state index in [2.05, 4.69) is 20.3 Å². The highest BCUT2D eigenvalue weighted by atomic mass is 16.2. The lowest BCUT2D eigenvalue weighted by Gasteiger charge is -2.34. The molecule has 2 aromatic rings. The molecule has 1 atom stereocenters. The summed E-state index contributed by atoms with van der Waals surface area (Å²) in [5, 5.41) is 6.96. The van der Waals surface area contributed by atoms with Crippen LogP contribution < -0.4 is 10.9 Å². The van der Waals surface area contributed by atoms with Gasteiger partial charge >= 0.3 is 0 Å². The van der Waals surface area contributed by atoms with Gasteiger partial charge < -0.3 is 5.32 Å². The van der Waals surface area contributed by atoms with Crippen molar-refractivity contribution < 1.29 is 4.79 Å².